The zero-order chi connectivity index (χ0) is 15.4. The molecule has 110 valence electrons. The van der Waals surface area contributed by atoms with E-state index in [1.807, 2.05) is 0 Å². The number of benzene rings is 2. The van der Waals surface area contributed by atoms with Gasteiger partial charge >= 0.3 is 5.97 Å². The van der Waals surface area contributed by atoms with Crippen molar-refractivity contribution >= 4 is 11.7 Å². The number of esters is 1. The summed E-state index contributed by atoms with van der Waals surface area (Å²) < 4.78 is 37.1. The molecular weight excluding hydrogens is 280 g/mol. The van der Waals surface area contributed by atoms with Gasteiger partial charge < -0.3 is 15.2 Å². The summed E-state index contributed by atoms with van der Waals surface area (Å²) in [5.41, 5.74) is 5.47. The van der Waals surface area contributed by atoms with Crippen LogP contribution in [0.2, 0.25) is 0 Å². The highest BCUT2D eigenvalue weighted by molar-refractivity contribution is 5.90. The fraction of sp³-hybridized carbons (Fsp3) is 0.133. The molecule has 0 fully saturated rings. The first-order valence-electron chi connectivity index (χ1n) is 6.06. The molecule has 0 aromatic heterocycles. The number of anilines is 1. The van der Waals surface area contributed by atoms with Gasteiger partial charge in [0, 0.05) is 11.3 Å². The Morgan fingerprint density at radius 3 is 2.67 bits per heavy atom. The van der Waals surface area contributed by atoms with Crippen LogP contribution in [0.25, 0.3) is 0 Å². The molecule has 2 aromatic rings. The number of rotatable bonds is 4. The van der Waals surface area contributed by atoms with Crippen molar-refractivity contribution in [2.45, 2.75) is 6.61 Å². The largest absolute Gasteiger partial charge is 0.494 e. The molecule has 2 aromatic carbocycles. The van der Waals surface area contributed by atoms with Crippen LogP contribution in [0.4, 0.5) is 14.5 Å². The van der Waals surface area contributed by atoms with E-state index in [4.69, 9.17) is 15.2 Å². The number of carbonyl (C=O) groups is 1. The lowest BCUT2D eigenvalue weighted by atomic mass is 10.2. The molecule has 0 aliphatic rings. The van der Waals surface area contributed by atoms with Gasteiger partial charge in [0.2, 0.25) is 0 Å². The molecule has 0 aliphatic heterocycles. The van der Waals surface area contributed by atoms with E-state index in [9.17, 15) is 13.6 Å². The second-order valence-electron chi connectivity index (χ2n) is 4.25. The van der Waals surface area contributed by atoms with Crippen LogP contribution in [-0.2, 0) is 11.3 Å². The van der Waals surface area contributed by atoms with Crippen molar-refractivity contribution in [3.63, 3.8) is 0 Å². The molecule has 0 heterocycles. The Labute approximate surface area is 120 Å². The molecule has 0 radical (unpaired) electrons. The van der Waals surface area contributed by atoms with Gasteiger partial charge in [-0.2, -0.15) is 0 Å². The van der Waals surface area contributed by atoms with E-state index >= 15 is 0 Å². The van der Waals surface area contributed by atoms with Crippen molar-refractivity contribution < 1.29 is 23.0 Å². The zero-order valence-electron chi connectivity index (χ0n) is 11.2. The van der Waals surface area contributed by atoms with Crippen LogP contribution >= 0.6 is 0 Å². The van der Waals surface area contributed by atoms with E-state index < -0.39 is 17.6 Å². The van der Waals surface area contributed by atoms with Gasteiger partial charge in [-0.1, -0.05) is 12.1 Å². The molecule has 21 heavy (non-hydrogen) atoms. The van der Waals surface area contributed by atoms with Gasteiger partial charge in [-0.05, 0) is 24.3 Å². The number of carbonyl (C=O) groups excluding carboxylic acids is 1. The molecule has 0 saturated carbocycles. The standard InChI is InChI=1S/C15H13F2NO3/c1-20-13-4-2-3-9(14(13)17)8-21-15(19)11-6-5-10(18)7-12(11)16/h2-7H,8,18H2,1H3. The molecule has 0 atom stereocenters. The highest BCUT2D eigenvalue weighted by Crippen LogP contribution is 2.21. The molecule has 0 bridgehead atoms. The smallest absolute Gasteiger partial charge is 0.341 e. The summed E-state index contributed by atoms with van der Waals surface area (Å²) in [5, 5.41) is 0. The van der Waals surface area contributed by atoms with Crippen molar-refractivity contribution in [3.8, 4) is 5.75 Å². The molecule has 4 nitrogen and oxygen atoms in total. The van der Waals surface area contributed by atoms with Crippen LogP contribution in [0.5, 0.6) is 5.75 Å². The first kappa shape index (κ1) is 14.8. The van der Waals surface area contributed by atoms with Crippen molar-refractivity contribution in [1.29, 1.82) is 0 Å². The summed E-state index contributed by atoms with van der Waals surface area (Å²) in [5.74, 6) is -2.26. The first-order chi connectivity index (χ1) is 10.0. The minimum atomic E-state index is -0.894. The van der Waals surface area contributed by atoms with E-state index in [0.29, 0.717) is 0 Å². The number of methoxy groups -OCH3 is 1. The van der Waals surface area contributed by atoms with Gasteiger partial charge in [-0.3, -0.25) is 0 Å². The Bertz CT molecular complexity index is 674. The van der Waals surface area contributed by atoms with Crippen LogP contribution in [0.3, 0.4) is 0 Å². The van der Waals surface area contributed by atoms with Crippen LogP contribution < -0.4 is 10.5 Å². The number of halogens is 2. The lowest BCUT2D eigenvalue weighted by molar-refractivity contribution is 0.0463. The second-order valence-corrected chi connectivity index (χ2v) is 4.25. The maximum Gasteiger partial charge on any atom is 0.341 e. The third-order valence-electron chi connectivity index (χ3n) is 2.84. The van der Waals surface area contributed by atoms with Gasteiger partial charge in [-0.15, -0.1) is 0 Å². The number of hydrogen-bond donors (Lipinski definition) is 1. The Balaban J connectivity index is 2.11. The zero-order valence-corrected chi connectivity index (χ0v) is 11.2. The van der Waals surface area contributed by atoms with E-state index in [1.54, 1.807) is 6.07 Å². The monoisotopic (exact) mass is 293 g/mol. The summed E-state index contributed by atoms with van der Waals surface area (Å²) in [6, 6.07) is 8.07. The molecule has 0 spiro atoms. The van der Waals surface area contributed by atoms with E-state index in [0.717, 1.165) is 6.07 Å². The predicted octanol–water partition coefficient (Wildman–Crippen LogP) is 2.91. The Morgan fingerprint density at radius 1 is 1.24 bits per heavy atom. The quantitative estimate of drug-likeness (QED) is 0.695. The average molecular weight is 293 g/mol. The first-order valence-corrected chi connectivity index (χ1v) is 6.06. The molecule has 0 aliphatic carbocycles. The summed E-state index contributed by atoms with van der Waals surface area (Å²) in [6.07, 6.45) is 0. The fourth-order valence-electron chi connectivity index (χ4n) is 1.74. The maximum absolute atomic E-state index is 13.9. The molecule has 0 saturated heterocycles. The van der Waals surface area contributed by atoms with Gasteiger partial charge in [-0.25, -0.2) is 13.6 Å². The van der Waals surface area contributed by atoms with Crippen LogP contribution in [-0.4, -0.2) is 13.1 Å². The molecule has 0 unspecified atom stereocenters. The third kappa shape index (κ3) is 3.28. The molecule has 0 amide bonds. The Morgan fingerprint density at radius 2 is 2.00 bits per heavy atom. The van der Waals surface area contributed by atoms with E-state index in [2.05, 4.69) is 0 Å². The van der Waals surface area contributed by atoms with E-state index in [1.165, 1.54) is 31.4 Å². The van der Waals surface area contributed by atoms with E-state index in [-0.39, 0.29) is 29.2 Å². The number of hydrogen-bond acceptors (Lipinski definition) is 4. The summed E-state index contributed by atoms with van der Waals surface area (Å²) in [4.78, 5) is 11.8. The average Bonchev–Trinajstić information content (AvgIpc) is 2.46. The van der Waals surface area contributed by atoms with Crippen molar-refractivity contribution in [1.82, 2.24) is 0 Å². The highest BCUT2D eigenvalue weighted by Gasteiger charge is 2.15. The van der Waals surface area contributed by atoms with Gasteiger partial charge in [0.25, 0.3) is 0 Å². The Hall–Kier alpha value is -2.63. The lowest BCUT2D eigenvalue weighted by Crippen LogP contribution is -2.09. The predicted molar refractivity (Wildman–Crippen MR) is 72.9 cm³/mol. The topological polar surface area (TPSA) is 61.5 Å². The number of nitrogen functional groups attached to an aromatic ring is 1. The highest BCUT2D eigenvalue weighted by atomic mass is 19.1. The Kier molecular flexibility index (Phi) is 4.37. The minimum absolute atomic E-state index is 0.0437. The molecule has 6 heteroatoms. The van der Waals surface area contributed by atoms with Gasteiger partial charge in [0.15, 0.2) is 11.6 Å². The van der Waals surface area contributed by atoms with Crippen LogP contribution in [0.15, 0.2) is 36.4 Å². The van der Waals surface area contributed by atoms with Crippen LogP contribution in [0, 0.1) is 11.6 Å². The molecule has 2 N–H and O–H groups in total. The minimum Gasteiger partial charge on any atom is -0.494 e. The van der Waals surface area contributed by atoms with Crippen molar-refractivity contribution in [3.05, 3.63) is 59.2 Å². The SMILES string of the molecule is COc1cccc(COC(=O)c2ccc(N)cc2F)c1F. The summed E-state index contributed by atoms with van der Waals surface area (Å²) in [6.45, 7) is -0.328. The normalized spacial score (nSPS) is 10.2. The second kappa shape index (κ2) is 6.21. The summed E-state index contributed by atoms with van der Waals surface area (Å²) >= 11 is 0. The molecular formula is C15H13F2NO3. The number of ether oxygens (including phenoxy) is 2. The lowest BCUT2D eigenvalue weighted by Gasteiger charge is -2.09. The fourth-order valence-corrected chi connectivity index (χ4v) is 1.74. The third-order valence-corrected chi connectivity index (χ3v) is 2.84. The van der Waals surface area contributed by atoms with Crippen molar-refractivity contribution in [2.75, 3.05) is 12.8 Å². The maximum atomic E-state index is 13.9. The van der Waals surface area contributed by atoms with Gasteiger partial charge in [0.1, 0.15) is 12.4 Å². The van der Waals surface area contributed by atoms with Crippen molar-refractivity contribution in [2.24, 2.45) is 0 Å². The molecule has 2 rings (SSSR count). The summed E-state index contributed by atoms with van der Waals surface area (Å²) in [7, 11) is 1.33. The van der Waals surface area contributed by atoms with Gasteiger partial charge in [0.05, 0.1) is 12.7 Å². The van der Waals surface area contributed by atoms with Crippen LogP contribution in [0.1, 0.15) is 15.9 Å². The number of nitrogens with two attached hydrogens (primary N) is 1.